The van der Waals surface area contributed by atoms with Crippen molar-refractivity contribution in [3.8, 4) is 11.5 Å². The van der Waals surface area contributed by atoms with E-state index in [0.29, 0.717) is 13.0 Å². The first-order chi connectivity index (χ1) is 15.3. The van der Waals surface area contributed by atoms with Crippen LogP contribution in [0.15, 0.2) is 48.7 Å². The summed E-state index contributed by atoms with van der Waals surface area (Å²) < 4.78 is 16.8. The van der Waals surface area contributed by atoms with Crippen molar-refractivity contribution in [2.75, 3.05) is 46.2 Å². The highest BCUT2D eigenvalue weighted by atomic mass is 16.7. The van der Waals surface area contributed by atoms with E-state index >= 15 is 0 Å². The number of hydrogen-bond acceptors (Lipinski definition) is 4. The van der Waals surface area contributed by atoms with Crippen molar-refractivity contribution in [3.63, 3.8) is 0 Å². The average Bonchev–Trinajstić information content (AvgIpc) is 3.45. The molecule has 3 heterocycles. The standard InChI is InChI=1S/C24H27N3O4/c28-23(25-8-9-27-10-12-29-13-11-27)14-19(18-5-3-7-22-24(18)31-16-30-22)20-15-26-21-6-2-1-4-17(20)21/h1-7,15,19,26H,8-14,16H2,(H,25,28)/p+1/t19-/m0/s1. The molecule has 0 spiro atoms. The fourth-order valence-corrected chi connectivity index (χ4v) is 4.54. The lowest BCUT2D eigenvalue weighted by molar-refractivity contribution is -0.906. The normalized spacial score (nSPS) is 17.0. The summed E-state index contributed by atoms with van der Waals surface area (Å²) in [5, 5.41) is 4.25. The zero-order valence-corrected chi connectivity index (χ0v) is 17.5. The Labute approximate surface area is 181 Å². The summed E-state index contributed by atoms with van der Waals surface area (Å²) in [6, 6.07) is 14.1. The van der Waals surface area contributed by atoms with Gasteiger partial charge in [-0.15, -0.1) is 0 Å². The van der Waals surface area contributed by atoms with Gasteiger partial charge in [-0.25, -0.2) is 0 Å². The van der Waals surface area contributed by atoms with E-state index in [0.717, 1.165) is 66.4 Å². The number of nitrogens with one attached hydrogen (secondary N) is 3. The van der Waals surface area contributed by atoms with Gasteiger partial charge in [0.2, 0.25) is 12.7 Å². The van der Waals surface area contributed by atoms with Gasteiger partial charge in [0.1, 0.15) is 13.1 Å². The highest BCUT2D eigenvalue weighted by molar-refractivity contribution is 5.86. The third-order valence-electron chi connectivity index (χ3n) is 6.19. The highest BCUT2D eigenvalue weighted by Crippen LogP contribution is 2.43. The number of aromatic amines is 1. The van der Waals surface area contributed by atoms with Crippen molar-refractivity contribution in [2.45, 2.75) is 12.3 Å². The van der Waals surface area contributed by atoms with E-state index in [1.165, 1.54) is 4.90 Å². The number of ether oxygens (including phenoxy) is 3. The number of carbonyl (C=O) groups excluding carboxylic acids is 1. The largest absolute Gasteiger partial charge is 0.454 e. The number of morpholine rings is 1. The summed E-state index contributed by atoms with van der Waals surface area (Å²) in [5.41, 5.74) is 3.13. The second-order valence-corrected chi connectivity index (χ2v) is 8.09. The van der Waals surface area contributed by atoms with E-state index < -0.39 is 0 Å². The summed E-state index contributed by atoms with van der Waals surface area (Å²) >= 11 is 0. The SMILES string of the molecule is O=C(C[C@@H](c1cccc2c1OCO2)c1c[nH]c2ccccc12)NCC[NH+]1CCOCC1. The van der Waals surface area contributed by atoms with E-state index in [1.807, 2.05) is 36.5 Å². The van der Waals surface area contributed by atoms with Crippen molar-refractivity contribution in [1.82, 2.24) is 10.3 Å². The minimum absolute atomic E-state index is 0.0412. The molecule has 0 saturated carbocycles. The number of rotatable bonds is 7. The molecule has 5 rings (SSSR count). The van der Waals surface area contributed by atoms with Gasteiger partial charge < -0.3 is 29.4 Å². The van der Waals surface area contributed by atoms with Crippen LogP contribution in [0.4, 0.5) is 0 Å². The molecule has 2 aromatic carbocycles. The molecule has 1 fully saturated rings. The molecular weight excluding hydrogens is 394 g/mol. The molecule has 1 atom stereocenters. The fourth-order valence-electron chi connectivity index (χ4n) is 4.54. The second-order valence-electron chi connectivity index (χ2n) is 8.09. The van der Waals surface area contributed by atoms with Gasteiger partial charge in [-0.05, 0) is 17.7 Å². The third-order valence-corrected chi connectivity index (χ3v) is 6.19. The molecule has 7 nitrogen and oxygen atoms in total. The molecule has 31 heavy (non-hydrogen) atoms. The Morgan fingerprint density at radius 1 is 1.06 bits per heavy atom. The smallest absolute Gasteiger partial charge is 0.231 e. The summed E-state index contributed by atoms with van der Waals surface area (Å²) in [6.07, 6.45) is 2.36. The van der Waals surface area contributed by atoms with Crippen molar-refractivity contribution < 1.29 is 23.9 Å². The maximum atomic E-state index is 13.0. The van der Waals surface area contributed by atoms with Gasteiger partial charge in [0, 0.05) is 35.0 Å². The number of quaternary nitrogens is 1. The number of aromatic nitrogens is 1. The predicted octanol–water partition coefficient (Wildman–Crippen LogP) is 1.45. The van der Waals surface area contributed by atoms with Gasteiger partial charge >= 0.3 is 0 Å². The minimum Gasteiger partial charge on any atom is -0.454 e. The molecule has 1 amide bonds. The lowest BCUT2D eigenvalue weighted by atomic mass is 9.87. The first kappa shape index (κ1) is 19.9. The van der Waals surface area contributed by atoms with E-state index in [1.54, 1.807) is 0 Å². The van der Waals surface area contributed by atoms with Crippen molar-refractivity contribution >= 4 is 16.8 Å². The van der Waals surface area contributed by atoms with Crippen LogP contribution in [0.3, 0.4) is 0 Å². The molecule has 1 aromatic heterocycles. The Bertz CT molecular complexity index is 1060. The Balaban J connectivity index is 1.37. The van der Waals surface area contributed by atoms with Gasteiger partial charge in [-0.2, -0.15) is 0 Å². The summed E-state index contributed by atoms with van der Waals surface area (Å²) in [7, 11) is 0. The molecule has 0 radical (unpaired) electrons. The van der Waals surface area contributed by atoms with Crippen LogP contribution in [0.2, 0.25) is 0 Å². The summed E-state index contributed by atoms with van der Waals surface area (Å²) in [5.74, 6) is 1.38. The van der Waals surface area contributed by atoms with Gasteiger partial charge in [0.05, 0.1) is 26.3 Å². The van der Waals surface area contributed by atoms with Gasteiger partial charge in [0.25, 0.3) is 0 Å². The molecule has 2 aliphatic rings. The number of hydrogen-bond donors (Lipinski definition) is 3. The maximum Gasteiger partial charge on any atom is 0.231 e. The van der Waals surface area contributed by atoms with Crippen LogP contribution in [0.1, 0.15) is 23.5 Å². The first-order valence-corrected chi connectivity index (χ1v) is 10.9. The van der Waals surface area contributed by atoms with Crippen LogP contribution >= 0.6 is 0 Å². The number of benzene rings is 2. The lowest BCUT2D eigenvalue weighted by Crippen LogP contribution is -3.14. The topological polar surface area (TPSA) is 77.0 Å². The zero-order chi connectivity index (χ0) is 21.0. The van der Waals surface area contributed by atoms with Crippen LogP contribution in [0, 0.1) is 0 Å². The van der Waals surface area contributed by atoms with Crippen molar-refractivity contribution in [2.24, 2.45) is 0 Å². The fraction of sp³-hybridized carbons (Fsp3) is 0.375. The van der Waals surface area contributed by atoms with Crippen LogP contribution in [0.25, 0.3) is 10.9 Å². The molecule has 0 unspecified atom stereocenters. The number of amides is 1. The molecule has 0 aliphatic carbocycles. The maximum absolute atomic E-state index is 13.0. The molecule has 3 aromatic rings. The first-order valence-electron chi connectivity index (χ1n) is 10.9. The summed E-state index contributed by atoms with van der Waals surface area (Å²) in [4.78, 5) is 17.8. The molecule has 0 bridgehead atoms. The highest BCUT2D eigenvalue weighted by Gasteiger charge is 2.28. The monoisotopic (exact) mass is 422 g/mol. The zero-order valence-electron chi connectivity index (χ0n) is 17.5. The third kappa shape index (κ3) is 4.24. The number of para-hydroxylation sites is 2. The lowest BCUT2D eigenvalue weighted by Gasteiger charge is -2.24. The molecule has 1 saturated heterocycles. The van der Waals surface area contributed by atoms with Crippen LogP contribution in [-0.4, -0.2) is 57.1 Å². The molecule has 7 heteroatoms. The quantitative estimate of drug-likeness (QED) is 0.539. The Hall–Kier alpha value is -3.03. The van der Waals surface area contributed by atoms with Crippen LogP contribution in [0.5, 0.6) is 11.5 Å². The van der Waals surface area contributed by atoms with Crippen molar-refractivity contribution in [3.05, 3.63) is 59.8 Å². The number of fused-ring (bicyclic) bond motifs is 2. The van der Waals surface area contributed by atoms with Gasteiger partial charge in [-0.3, -0.25) is 4.79 Å². The Morgan fingerprint density at radius 2 is 1.94 bits per heavy atom. The number of carbonyl (C=O) groups is 1. The van der Waals surface area contributed by atoms with Crippen molar-refractivity contribution in [1.29, 1.82) is 0 Å². The van der Waals surface area contributed by atoms with E-state index in [-0.39, 0.29) is 18.6 Å². The van der Waals surface area contributed by atoms with Gasteiger partial charge in [-0.1, -0.05) is 30.3 Å². The molecule has 3 N–H and O–H groups in total. The predicted molar refractivity (Wildman–Crippen MR) is 117 cm³/mol. The summed E-state index contributed by atoms with van der Waals surface area (Å²) in [6.45, 7) is 5.40. The molecule has 162 valence electrons. The average molecular weight is 423 g/mol. The molecule has 2 aliphatic heterocycles. The van der Waals surface area contributed by atoms with Crippen LogP contribution < -0.4 is 19.7 Å². The van der Waals surface area contributed by atoms with E-state index in [4.69, 9.17) is 14.2 Å². The van der Waals surface area contributed by atoms with Crippen LogP contribution in [-0.2, 0) is 9.53 Å². The molecular formula is C24H28N3O4+. The van der Waals surface area contributed by atoms with Gasteiger partial charge in [0.15, 0.2) is 11.5 Å². The number of H-pyrrole nitrogens is 1. The minimum atomic E-state index is -0.136. The second kappa shape index (κ2) is 8.99. The Morgan fingerprint density at radius 3 is 2.84 bits per heavy atom. The van der Waals surface area contributed by atoms with E-state index in [9.17, 15) is 4.79 Å². The Kier molecular flexibility index (Phi) is 5.78. The van der Waals surface area contributed by atoms with E-state index in [2.05, 4.69) is 22.4 Å².